The normalized spacial score (nSPS) is 23.5. The van der Waals surface area contributed by atoms with Crippen LogP contribution in [0.25, 0.3) is 27.0 Å². The zero-order valence-electron chi connectivity index (χ0n) is 17.0. The molecule has 0 radical (unpaired) electrons. The van der Waals surface area contributed by atoms with Gasteiger partial charge < -0.3 is 15.5 Å². The van der Waals surface area contributed by atoms with Crippen LogP contribution >= 0.6 is 11.3 Å². The predicted octanol–water partition coefficient (Wildman–Crippen LogP) is 1.66. The van der Waals surface area contributed by atoms with E-state index in [0.717, 1.165) is 15.6 Å². The van der Waals surface area contributed by atoms with Gasteiger partial charge in [-0.1, -0.05) is 0 Å². The van der Waals surface area contributed by atoms with Crippen LogP contribution in [0.1, 0.15) is 6.42 Å². The van der Waals surface area contributed by atoms with Crippen molar-refractivity contribution in [2.45, 2.75) is 24.7 Å². The lowest BCUT2D eigenvalue weighted by atomic mass is 10.1. The Hall–Kier alpha value is -2.68. The number of rotatable bonds is 6. The number of nitrogens with one attached hydrogen (secondary N) is 2. The number of anilines is 1. The van der Waals surface area contributed by atoms with Crippen molar-refractivity contribution in [3.8, 4) is 11.3 Å². The molecule has 5 rings (SSSR count). The third-order valence-electron chi connectivity index (χ3n) is 5.83. The lowest BCUT2D eigenvalue weighted by Gasteiger charge is -2.19. The van der Waals surface area contributed by atoms with Crippen molar-refractivity contribution in [3.63, 3.8) is 0 Å². The van der Waals surface area contributed by atoms with Crippen LogP contribution in [-0.4, -0.2) is 62.6 Å². The minimum Gasteiger partial charge on any atom is -0.390 e. The highest BCUT2D eigenvalue weighted by Crippen LogP contribution is 2.35. The summed E-state index contributed by atoms with van der Waals surface area (Å²) in [6, 6.07) is 7.45. The molecule has 1 aliphatic carbocycles. The molecule has 5 N–H and O–H groups in total. The number of thiophene rings is 1. The van der Waals surface area contributed by atoms with Gasteiger partial charge >= 0.3 is 10.3 Å². The summed E-state index contributed by atoms with van der Waals surface area (Å²) in [5.41, 5.74) is 1.91. The van der Waals surface area contributed by atoms with E-state index >= 15 is 0 Å². The summed E-state index contributed by atoms with van der Waals surface area (Å²) in [7, 11) is -4.40. The number of benzene rings is 1. The molecule has 1 saturated carbocycles. The molecule has 0 amide bonds. The molecule has 4 aromatic rings. The highest BCUT2D eigenvalue weighted by Gasteiger charge is 2.41. The van der Waals surface area contributed by atoms with Gasteiger partial charge in [-0.05, 0) is 30.7 Å². The second-order valence-electron chi connectivity index (χ2n) is 7.97. The van der Waals surface area contributed by atoms with Crippen molar-refractivity contribution in [1.29, 1.82) is 0 Å². The monoisotopic (exact) mass is 493 g/mol. The second kappa shape index (κ2) is 8.27. The average molecular weight is 494 g/mol. The van der Waals surface area contributed by atoms with Gasteiger partial charge in [-0.2, -0.15) is 22.8 Å². The van der Waals surface area contributed by atoms with Crippen LogP contribution < -0.4 is 10.0 Å². The number of hydrogen-bond donors (Lipinski definition) is 5. The highest BCUT2D eigenvalue weighted by molar-refractivity contribution is 7.83. The lowest BCUT2D eigenvalue weighted by Crippen LogP contribution is -2.37. The van der Waals surface area contributed by atoms with E-state index < -0.39 is 34.5 Å². The Labute approximate surface area is 191 Å². The van der Waals surface area contributed by atoms with Gasteiger partial charge in [-0.25, -0.2) is 9.37 Å². The molecule has 3 aromatic heterocycles. The van der Waals surface area contributed by atoms with E-state index in [9.17, 15) is 23.0 Å². The van der Waals surface area contributed by atoms with Crippen molar-refractivity contribution in [2.24, 2.45) is 5.92 Å². The summed E-state index contributed by atoms with van der Waals surface area (Å²) in [4.78, 5) is 4.32. The first-order chi connectivity index (χ1) is 15.7. The number of fused-ring (bicyclic) bond motifs is 2. The smallest absolute Gasteiger partial charge is 0.333 e. The first-order valence-electron chi connectivity index (χ1n) is 10.1. The van der Waals surface area contributed by atoms with Gasteiger partial charge in [0.2, 0.25) is 0 Å². The minimum atomic E-state index is -4.40. The van der Waals surface area contributed by atoms with E-state index in [-0.39, 0.29) is 18.8 Å². The Morgan fingerprint density at radius 2 is 2.03 bits per heavy atom. The van der Waals surface area contributed by atoms with Crippen LogP contribution in [-0.2, 0) is 10.3 Å². The molecular weight excluding hydrogens is 473 g/mol. The summed E-state index contributed by atoms with van der Waals surface area (Å²) in [6.45, 7) is -0.214. The maximum Gasteiger partial charge on any atom is 0.333 e. The van der Waals surface area contributed by atoms with Gasteiger partial charge in [-0.15, -0.1) is 11.3 Å². The zero-order valence-corrected chi connectivity index (χ0v) is 18.6. The van der Waals surface area contributed by atoms with Gasteiger partial charge in [0.05, 0.1) is 17.8 Å². The summed E-state index contributed by atoms with van der Waals surface area (Å²) in [6.07, 6.45) is -0.532. The molecule has 1 aliphatic rings. The van der Waals surface area contributed by atoms with Crippen LogP contribution in [0.15, 0.2) is 41.9 Å². The minimum absolute atomic E-state index is 0.214. The number of nitrogens with zero attached hydrogens (tertiary/aromatic N) is 3. The van der Waals surface area contributed by atoms with Crippen molar-refractivity contribution in [3.05, 3.63) is 47.7 Å². The van der Waals surface area contributed by atoms with Crippen molar-refractivity contribution in [2.75, 3.05) is 11.9 Å². The fourth-order valence-corrected chi connectivity index (χ4v) is 5.57. The Morgan fingerprint density at radius 1 is 1.21 bits per heavy atom. The molecular formula is C20H20FN5O5S2. The Morgan fingerprint density at radius 3 is 2.82 bits per heavy atom. The number of aliphatic hydroxyl groups is 2. The van der Waals surface area contributed by atoms with E-state index in [1.807, 2.05) is 10.1 Å². The number of halogens is 1. The Bertz CT molecular complexity index is 1440. The second-order valence-corrected chi connectivity index (χ2v) is 10.1. The number of aliphatic hydroxyl groups excluding tert-OH is 2. The molecule has 0 aliphatic heterocycles. The Kier molecular flexibility index (Phi) is 5.55. The van der Waals surface area contributed by atoms with Gasteiger partial charge in [-0.3, -0.25) is 4.55 Å². The SMILES string of the molecule is O=S(=O)(O)NC[C@H]1C[C@@H](Nc2ccnc3cc(-c4csc5ccc(F)cc45)nn23)[C@H](O)[C@@H]1O. The van der Waals surface area contributed by atoms with Crippen LogP contribution in [0.5, 0.6) is 0 Å². The molecule has 0 saturated heterocycles. The maximum absolute atomic E-state index is 13.8. The summed E-state index contributed by atoms with van der Waals surface area (Å²) < 4.78 is 49.0. The number of aromatic nitrogens is 3. The molecule has 0 bridgehead atoms. The quantitative estimate of drug-likeness (QED) is 0.255. The van der Waals surface area contributed by atoms with E-state index in [1.165, 1.54) is 23.5 Å². The first-order valence-corrected chi connectivity index (χ1v) is 12.4. The van der Waals surface area contributed by atoms with Crippen LogP contribution in [0.3, 0.4) is 0 Å². The molecule has 33 heavy (non-hydrogen) atoms. The highest BCUT2D eigenvalue weighted by atomic mass is 32.2. The third kappa shape index (κ3) is 4.30. The fourth-order valence-electron chi connectivity index (χ4n) is 4.21. The molecule has 174 valence electrons. The van der Waals surface area contributed by atoms with E-state index in [2.05, 4.69) is 15.4 Å². The molecule has 1 fully saturated rings. The Balaban J connectivity index is 1.43. The predicted molar refractivity (Wildman–Crippen MR) is 121 cm³/mol. The molecule has 0 spiro atoms. The van der Waals surface area contributed by atoms with Crippen molar-refractivity contribution >= 4 is 43.2 Å². The fraction of sp³-hybridized carbons (Fsp3) is 0.300. The molecule has 10 nitrogen and oxygen atoms in total. The van der Waals surface area contributed by atoms with Crippen LogP contribution in [0.4, 0.5) is 10.2 Å². The average Bonchev–Trinajstić information content (AvgIpc) is 3.44. The van der Waals surface area contributed by atoms with Gasteiger partial charge in [0.15, 0.2) is 5.65 Å². The molecule has 3 heterocycles. The standard InChI is InChI=1S/C20H20FN5O5S2/c21-11-1-2-16-12(6-11)13(9-32-16)14-7-18-22-4-3-17(26(18)25-14)24-15-5-10(19(27)20(15)28)8-23-33(29,30)31/h1-4,6-7,9-10,15,19-20,23-24,27-28H,5,8H2,(H,29,30,31)/t10-,15-,19-,20+/m1/s1. The molecule has 1 aromatic carbocycles. The first kappa shape index (κ1) is 22.1. The summed E-state index contributed by atoms with van der Waals surface area (Å²) >= 11 is 1.49. The topological polar surface area (TPSA) is 149 Å². The van der Waals surface area contributed by atoms with E-state index in [1.54, 1.807) is 28.9 Å². The zero-order chi connectivity index (χ0) is 23.3. The van der Waals surface area contributed by atoms with E-state index in [0.29, 0.717) is 17.2 Å². The van der Waals surface area contributed by atoms with E-state index in [4.69, 9.17) is 4.55 Å². The third-order valence-corrected chi connectivity index (χ3v) is 7.33. The molecule has 13 heteroatoms. The summed E-state index contributed by atoms with van der Waals surface area (Å²) in [5, 5.41) is 31.2. The largest absolute Gasteiger partial charge is 0.390 e. The van der Waals surface area contributed by atoms with Gasteiger partial charge in [0, 0.05) is 45.8 Å². The van der Waals surface area contributed by atoms with Crippen LogP contribution in [0.2, 0.25) is 0 Å². The van der Waals surface area contributed by atoms with Crippen LogP contribution in [0, 0.1) is 11.7 Å². The molecule has 0 unspecified atom stereocenters. The number of hydrogen-bond acceptors (Lipinski definition) is 8. The van der Waals surface area contributed by atoms with Crippen molar-refractivity contribution in [1.82, 2.24) is 19.3 Å². The van der Waals surface area contributed by atoms with Gasteiger partial charge in [0.1, 0.15) is 17.7 Å². The van der Waals surface area contributed by atoms with Crippen molar-refractivity contribution < 1.29 is 27.6 Å². The molecule has 4 atom stereocenters. The van der Waals surface area contributed by atoms with Gasteiger partial charge in [0.25, 0.3) is 0 Å². The maximum atomic E-state index is 13.8. The lowest BCUT2D eigenvalue weighted by molar-refractivity contribution is 0.0184. The summed E-state index contributed by atoms with van der Waals surface area (Å²) in [5.74, 6) is -0.424.